The van der Waals surface area contributed by atoms with Gasteiger partial charge < -0.3 is 9.15 Å². The largest absolute Gasteiger partial charge is 0.461 e. The number of methoxy groups -OCH3 is 1. The molecule has 0 atom stereocenters. The maximum Gasteiger partial charge on any atom is 0.134 e. The molecule has 84 valence electrons. The van der Waals surface area contributed by atoms with E-state index in [1.165, 1.54) is 5.56 Å². The SMILES string of the molecule is COCCc1cc(-c2ccccc2)oc1C. The molecule has 0 N–H and O–H groups in total. The highest BCUT2D eigenvalue weighted by Crippen LogP contribution is 2.25. The Labute approximate surface area is 95.9 Å². The van der Waals surface area contributed by atoms with Crippen LogP contribution in [-0.2, 0) is 11.2 Å². The summed E-state index contributed by atoms with van der Waals surface area (Å²) in [6, 6.07) is 12.2. The van der Waals surface area contributed by atoms with Crippen LogP contribution in [0.5, 0.6) is 0 Å². The van der Waals surface area contributed by atoms with E-state index in [9.17, 15) is 0 Å². The molecule has 0 saturated heterocycles. The zero-order chi connectivity index (χ0) is 11.4. The van der Waals surface area contributed by atoms with E-state index in [0.29, 0.717) is 0 Å². The minimum Gasteiger partial charge on any atom is -0.461 e. The van der Waals surface area contributed by atoms with Gasteiger partial charge in [-0.1, -0.05) is 30.3 Å². The Morgan fingerprint density at radius 1 is 1.19 bits per heavy atom. The summed E-state index contributed by atoms with van der Waals surface area (Å²) in [7, 11) is 1.72. The maximum atomic E-state index is 5.74. The van der Waals surface area contributed by atoms with Gasteiger partial charge in [0.05, 0.1) is 6.61 Å². The molecule has 0 bridgehead atoms. The zero-order valence-corrected chi connectivity index (χ0v) is 9.69. The smallest absolute Gasteiger partial charge is 0.134 e. The molecule has 16 heavy (non-hydrogen) atoms. The third-order valence-electron chi connectivity index (χ3n) is 2.65. The first-order valence-electron chi connectivity index (χ1n) is 5.45. The molecule has 0 spiro atoms. The van der Waals surface area contributed by atoms with E-state index < -0.39 is 0 Å². The Kier molecular flexibility index (Phi) is 3.42. The normalized spacial score (nSPS) is 10.6. The molecule has 0 saturated carbocycles. The van der Waals surface area contributed by atoms with Gasteiger partial charge in [-0.15, -0.1) is 0 Å². The van der Waals surface area contributed by atoms with Crippen molar-refractivity contribution in [2.45, 2.75) is 13.3 Å². The number of benzene rings is 1. The molecule has 0 aliphatic carbocycles. The Hall–Kier alpha value is -1.54. The van der Waals surface area contributed by atoms with Crippen LogP contribution < -0.4 is 0 Å². The van der Waals surface area contributed by atoms with Gasteiger partial charge >= 0.3 is 0 Å². The lowest BCUT2D eigenvalue weighted by Crippen LogP contribution is -1.93. The number of ether oxygens (including phenoxy) is 1. The molecule has 0 amide bonds. The summed E-state index contributed by atoms with van der Waals surface area (Å²) < 4.78 is 10.8. The molecule has 2 aromatic rings. The number of hydrogen-bond acceptors (Lipinski definition) is 2. The minimum absolute atomic E-state index is 0.731. The molecule has 2 rings (SSSR count). The first-order chi connectivity index (χ1) is 7.81. The van der Waals surface area contributed by atoms with E-state index >= 15 is 0 Å². The van der Waals surface area contributed by atoms with Gasteiger partial charge in [0.15, 0.2) is 0 Å². The summed E-state index contributed by atoms with van der Waals surface area (Å²) in [5, 5.41) is 0. The van der Waals surface area contributed by atoms with Crippen molar-refractivity contribution in [1.82, 2.24) is 0 Å². The summed E-state index contributed by atoms with van der Waals surface area (Å²) in [6.45, 7) is 2.73. The highest BCUT2D eigenvalue weighted by molar-refractivity contribution is 5.58. The summed E-state index contributed by atoms with van der Waals surface area (Å²) in [5.74, 6) is 1.92. The highest BCUT2D eigenvalue weighted by atomic mass is 16.5. The monoisotopic (exact) mass is 216 g/mol. The van der Waals surface area contributed by atoms with E-state index in [4.69, 9.17) is 9.15 Å². The van der Waals surface area contributed by atoms with Crippen molar-refractivity contribution < 1.29 is 9.15 Å². The van der Waals surface area contributed by atoms with Crippen molar-refractivity contribution in [3.8, 4) is 11.3 Å². The predicted octanol–water partition coefficient (Wildman–Crippen LogP) is 3.44. The molecule has 2 nitrogen and oxygen atoms in total. The molecule has 2 heteroatoms. The van der Waals surface area contributed by atoms with Gasteiger partial charge in [-0.3, -0.25) is 0 Å². The van der Waals surface area contributed by atoms with Gasteiger partial charge in [0.2, 0.25) is 0 Å². The van der Waals surface area contributed by atoms with Crippen LogP contribution in [0.15, 0.2) is 40.8 Å². The first-order valence-corrected chi connectivity index (χ1v) is 5.45. The van der Waals surface area contributed by atoms with Crippen LogP contribution in [0.3, 0.4) is 0 Å². The topological polar surface area (TPSA) is 22.4 Å². The Morgan fingerprint density at radius 3 is 2.62 bits per heavy atom. The average Bonchev–Trinajstić information content (AvgIpc) is 2.69. The van der Waals surface area contributed by atoms with Crippen LogP contribution in [0.25, 0.3) is 11.3 Å². The number of aryl methyl sites for hydroxylation is 1. The van der Waals surface area contributed by atoms with Gasteiger partial charge in [0.25, 0.3) is 0 Å². The fourth-order valence-electron chi connectivity index (χ4n) is 1.72. The number of furan rings is 1. The van der Waals surface area contributed by atoms with Crippen molar-refractivity contribution >= 4 is 0 Å². The van der Waals surface area contributed by atoms with Crippen molar-refractivity contribution in [1.29, 1.82) is 0 Å². The van der Waals surface area contributed by atoms with Crippen LogP contribution in [0.2, 0.25) is 0 Å². The van der Waals surface area contributed by atoms with Crippen LogP contribution in [0, 0.1) is 6.92 Å². The standard InChI is InChI=1S/C14H16O2/c1-11-13(8-9-15-2)10-14(16-11)12-6-4-3-5-7-12/h3-7,10H,8-9H2,1-2H3. The summed E-state index contributed by atoms with van der Waals surface area (Å²) in [4.78, 5) is 0. The number of hydrogen-bond donors (Lipinski definition) is 0. The van der Waals surface area contributed by atoms with Gasteiger partial charge in [-0.25, -0.2) is 0 Å². The third kappa shape index (κ3) is 2.34. The molecule has 0 aliphatic rings. The molecule has 0 fully saturated rings. The highest BCUT2D eigenvalue weighted by Gasteiger charge is 2.08. The van der Waals surface area contributed by atoms with Crippen molar-refractivity contribution in [2.24, 2.45) is 0 Å². The molecule has 0 aliphatic heterocycles. The molecule has 0 radical (unpaired) electrons. The quantitative estimate of drug-likeness (QED) is 0.781. The second-order valence-corrected chi connectivity index (χ2v) is 3.80. The van der Waals surface area contributed by atoms with Crippen LogP contribution in [-0.4, -0.2) is 13.7 Å². The summed E-state index contributed by atoms with van der Waals surface area (Å²) in [5.41, 5.74) is 2.34. The summed E-state index contributed by atoms with van der Waals surface area (Å²) in [6.07, 6.45) is 0.901. The zero-order valence-electron chi connectivity index (χ0n) is 9.69. The second-order valence-electron chi connectivity index (χ2n) is 3.80. The molecule has 1 aromatic carbocycles. The Morgan fingerprint density at radius 2 is 1.94 bits per heavy atom. The molecular formula is C14H16O2. The summed E-state index contributed by atoms with van der Waals surface area (Å²) >= 11 is 0. The first kappa shape index (κ1) is 11.0. The fraction of sp³-hybridized carbons (Fsp3) is 0.286. The lowest BCUT2D eigenvalue weighted by atomic mass is 10.1. The maximum absolute atomic E-state index is 5.74. The molecule has 0 unspecified atom stereocenters. The van der Waals surface area contributed by atoms with Gasteiger partial charge in [-0.2, -0.15) is 0 Å². The van der Waals surface area contributed by atoms with Crippen LogP contribution in [0.1, 0.15) is 11.3 Å². The lowest BCUT2D eigenvalue weighted by Gasteiger charge is -1.95. The predicted molar refractivity (Wildman–Crippen MR) is 64.5 cm³/mol. The van der Waals surface area contributed by atoms with Gasteiger partial charge in [0.1, 0.15) is 11.5 Å². The van der Waals surface area contributed by atoms with Crippen molar-refractivity contribution in [2.75, 3.05) is 13.7 Å². The second kappa shape index (κ2) is 4.99. The lowest BCUT2D eigenvalue weighted by molar-refractivity contribution is 0.202. The minimum atomic E-state index is 0.731. The van der Waals surface area contributed by atoms with E-state index in [1.807, 2.05) is 25.1 Å². The van der Waals surface area contributed by atoms with E-state index in [-0.39, 0.29) is 0 Å². The Bertz CT molecular complexity index is 443. The number of rotatable bonds is 4. The van der Waals surface area contributed by atoms with Gasteiger partial charge in [0, 0.05) is 12.7 Å². The van der Waals surface area contributed by atoms with E-state index in [1.54, 1.807) is 7.11 Å². The molecule has 1 aromatic heterocycles. The van der Waals surface area contributed by atoms with Crippen molar-refractivity contribution in [3.05, 3.63) is 47.7 Å². The Balaban J connectivity index is 2.24. The van der Waals surface area contributed by atoms with E-state index in [2.05, 4.69) is 18.2 Å². The molecule has 1 heterocycles. The average molecular weight is 216 g/mol. The van der Waals surface area contributed by atoms with E-state index in [0.717, 1.165) is 30.1 Å². The third-order valence-corrected chi connectivity index (χ3v) is 2.65. The van der Waals surface area contributed by atoms with Crippen LogP contribution in [0.4, 0.5) is 0 Å². The molecular weight excluding hydrogens is 200 g/mol. The van der Waals surface area contributed by atoms with Crippen molar-refractivity contribution in [3.63, 3.8) is 0 Å². The van der Waals surface area contributed by atoms with Crippen LogP contribution >= 0.6 is 0 Å². The van der Waals surface area contributed by atoms with Gasteiger partial charge in [-0.05, 0) is 25.0 Å². The fourth-order valence-corrected chi connectivity index (χ4v) is 1.72.